The van der Waals surface area contributed by atoms with E-state index in [1.165, 1.54) is 56.7 Å². The molecule has 0 saturated carbocycles. The number of carbonyl (C=O) groups is 1. The van der Waals surface area contributed by atoms with Crippen LogP contribution in [0.3, 0.4) is 0 Å². The van der Waals surface area contributed by atoms with E-state index in [0.29, 0.717) is 27.3 Å². The van der Waals surface area contributed by atoms with Gasteiger partial charge in [-0.1, -0.05) is 17.7 Å². The van der Waals surface area contributed by atoms with Gasteiger partial charge in [-0.3, -0.25) is 13.8 Å². The molecule has 4 aromatic rings. The Kier molecular flexibility index (Phi) is 9.44. The van der Waals surface area contributed by atoms with E-state index in [1.54, 1.807) is 48.5 Å². The summed E-state index contributed by atoms with van der Waals surface area (Å²) in [6.07, 6.45) is 0. The third kappa shape index (κ3) is 7.22. The number of rotatable bonds is 11. The molecule has 0 fully saturated rings. The first kappa shape index (κ1) is 30.9. The van der Waals surface area contributed by atoms with Gasteiger partial charge in [0.2, 0.25) is 5.91 Å². The molecule has 0 aliphatic rings. The first-order valence-corrected chi connectivity index (χ1v) is 16.1. The van der Waals surface area contributed by atoms with Gasteiger partial charge >= 0.3 is 0 Å². The van der Waals surface area contributed by atoms with E-state index in [1.807, 2.05) is 6.92 Å². The van der Waals surface area contributed by atoms with E-state index in [0.717, 1.165) is 9.87 Å². The second-order valence-corrected chi connectivity index (χ2v) is 13.4. The zero-order valence-corrected chi connectivity index (χ0v) is 26.1. The summed E-state index contributed by atoms with van der Waals surface area (Å²) in [6, 6.07) is 23.0. The molecule has 0 atom stereocenters. The van der Waals surface area contributed by atoms with E-state index < -0.39 is 32.5 Å². The van der Waals surface area contributed by atoms with Gasteiger partial charge in [-0.25, -0.2) is 16.8 Å². The summed E-state index contributed by atoms with van der Waals surface area (Å²) in [4.78, 5) is 13.0. The number of hydrogen-bond acceptors (Lipinski definition) is 7. The normalized spacial score (nSPS) is 11.4. The van der Waals surface area contributed by atoms with Crippen LogP contribution in [0.5, 0.6) is 11.5 Å². The van der Waals surface area contributed by atoms with Crippen LogP contribution in [-0.4, -0.2) is 43.5 Å². The number of nitrogens with zero attached hydrogens (tertiary/aromatic N) is 1. The maximum absolute atomic E-state index is 13.7. The second-order valence-electron chi connectivity index (χ2n) is 9.05. The number of amides is 1. The Bertz CT molecular complexity index is 1780. The highest BCUT2D eigenvalue weighted by atomic mass is 79.9. The van der Waals surface area contributed by atoms with Crippen molar-refractivity contribution in [2.24, 2.45) is 0 Å². The van der Waals surface area contributed by atoms with E-state index in [2.05, 4.69) is 26.0 Å². The number of carbonyl (C=O) groups excluding carboxylic acids is 1. The molecule has 4 rings (SSSR count). The smallest absolute Gasteiger partial charge is 0.264 e. The minimum absolute atomic E-state index is 0.0229. The molecule has 0 aromatic heterocycles. The van der Waals surface area contributed by atoms with Gasteiger partial charge in [0.25, 0.3) is 20.0 Å². The second kappa shape index (κ2) is 12.8. The van der Waals surface area contributed by atoms with Crippen molar-refractivity contribution in [3.8, 4) is 11.5 Å². The molecule has 0 unspecified atom stereocenters. The highest BCUT2D eigenvalue weighted by Crippen LogP contribution is 2.31. The molecule has 4 aromatic carbocycles. The Balaban J connectivity index is 1.53. The molecule has 42 heavy (non-hydrogen) atoms. The molecular formula is C29H28BrN3O7S2. The maximum Gasteiger partial charge on any atom is 0.264 e. The van der Waals surface area contributed by atoms with Crippen LogP contribution in [0.15, 0.2) is 105 Å². The molecule has 0 heterocycles. The SMILES string of the molecule is COc1ccc(NS(=O)(=O)c2ccc(NC(=O)CN(c3ccc(C)cc3)S(=O)(=O)c3ccc(OC)c(Br)c3)cc2)cc1. The lowest BCUT2D eigenvalue weighted by molar-refractivity contribution is -0.114. The Morgan fingerprint density at radius 2 is 1.38 bits per heavy atom. The van der Waals surface area contributed by atoms with Crippen LogP contribution >= 0.6 is 15.9 Å². The van der Waals surface area contributed by atoms with Crippen LogP contribution in [0, 0.1) is 6.92 Å². The van der Waals surface area contributed by atoms with Gasteiger partial charge in [0.15, 0.2) is 0 Å². The zero-order valence-electron chi connectivity index (χ0n) is 22.9. The number of aryl methyl sites for hydroxylation is 1. The first-order valence-electron chi connectivity index (χ1n) is 12.4. The van der Waals surface area contributed by atoms with Gasteiger partial charge in [0.1, 0.15) is 18.0 Å². The summed E-state index contributed by atoms with van der Waals surface area (Å²) in [7, 11) is -5.09. The minimum atomic E-state index is -4.17. The molecule has 220 valence electrons. The predicted octanol–water partition coefficient (Wildman–Crippen LogP) is 5.41. The number of nitrogens with one attached hydrogen (secondary N) is 2. The van der Waals surface area contributed by atoms with Crippen molar-refractivity contribution in [2.75, 3.05) is 35.1 Å². The minimum Gasteiger partial charge on any atom is -0.497 e. The lowest BCUT2D eigenvalue weighted by Gasteiger charge is -2.24. The van der Waals surface area contributed by atoms with Crippen LogP contribution < -0.4 is 23.8 Å². The Morgan fingerprint density at radius 1 is 0.786 bits per heavy atom. The van der Waals surface area contributed by atoms with Crippen LogP contribution in [0.1, 0.15) is 5.56 Å². The van der Waals surface area contributed by atoms with Gasteiger partial charge in [0.05, 0.1) is 34.2 Å². The molecule has 0 saturated heterocycles. The van der Waals surface area contributed by atoms with Crippen molar-refractivity contribution in [3.05, 3.63) is 101 Å². The number of methoxy groups -OCH3 is 2. The van der Waals surface area contributed by atoms with Gasteiger partial charge in [0, 0.05) is 11.4 Å². The maximum atomic E-state index is 13.7. The molecule has 2 N–H and O–H groups in total. The van der Waals surface area contributed by atoms with E-state index in [4.69, 9.17) is 9.47 Å². The zero-order chi connectivity index (χ0) is 30.5. The number of halogens is 1. The lowest BCUT2D eigenvalue weighted by Crippen LogP contribution is -2.38. The highest BCUT2D eigenvalue weighted by Gasteiger charge is 2.28. The molecule has 13 heteroatoms. The van der Waals surface area contributed by atoms with Crippen molar-refractivity contribution in [1.29, 1.82) is 0 Å². The molecular weight excluding hydrogens is 646 g/mol. The van der Waals surface area contributed by atoms with E-state index in [9.17, 15) is 21.6 Å². The van der Waals surface area contributed by atoms with E-state index in [-0.39, 0.29) is 15.5 Å². The third-order valence-electron chi connectivity index (χ3n) is 6.11. The van der Waals surface area contributed by atoms with Gasteiger partial charge in [-0.05, 0) is 102 Å². The van der Waals surface area contributed by atoms with Crippen molar-refractivity contribution >= 4 is 58.9 Å². The fraction of sp³-hybridized carbons (Fsp3) is 0.138. The summed E-state index contributed by atoms with van der Waals surface area (Å²) < 4.78 is 67.2. The molecule has 0 spiro atoms. The summed E-state index contributed by atoms with van der Waals surface area (Å²) in [6.45, 7) is 1.33. The third-order valence-corrected chi connectivity index (χ3v) is 9.90. The van der Waals surface area contributed by atoms with Gasteiger partial charge in [-0.2, -0.15) is 0 Å². The summed E-state index contributed by atoms with van der Waals surface area (Å²) in [5.74, 6) is 0.417. The quantitative estimate of drug-likeness (QED) is 0.218. The van der Waals surface area contributed by atoms with Crippen molar-refractivity contribution in [1.82, 2.24) is 0 Å². The Hall–Kier alpha value is -4.07. The summed E-state index contributed by atoms with van der Waals surface area (Å²) in [5, 5.41) is 2.64. The van der Waals surface area contributed by atoms with Gasteiger partial charge in [-0.15, -0.1) is 0 Å². The average molecular weight is 675 g/mol. The fourth-order valence-electron chi connectivity index (χ4n) is 3.88. The molecule has 0 aliphatic carbocycles. The molecule has 1 amide bonds. The van der Waals surface area contributed by atoms with E-state index >= 15 is 0 Å². The van der Waals surface area contributed by atoms with Crippen LogP contribution in [0.4, 0.5) is 17.1 Å². The van der Waals surface area contributed by atoms with Crippen molar-refractivity contribution in [2.45, 2.75) is 16.7 Å². The average Bonchev–Trinajstić information content (AvgIpc) is 2.97. The number of benzene rings is 4. The first-order chi connectivity index (χ1) is 19.9. The molecule has 0 radical (unpaired) electrons. The number of sulfonamides is 2. The van der Waals surface area contributed by atoms with Crippen LogP contribution in [0.2, 0.25) is 0 Å². The summed E-state index contributed by atoms with van der Waals surface area (Å²) in [5.41, 5.74) is 1.87. The Morgan fingerprint density at radius 3 is 1.95 bits per heavy atom. The van der Waals surface area contributed by atoms with Crippen LogP contribution in [-0.2, 0) is 24.8 Å². The topological polar surface area (TPSA) is 131 Å². The standard InChI is InChI=1S/C29H28BrN3O7S2/c1-20-4-10-23(11-5-20)33(42(37,38)26-16-17-28(40-3)27(30)18-26)19-29(34)31-21-8-14-25(15-9-21)41(35,36)32-22-6-12-24(39-2)13-7-22/h4-18,32H,19H2,1-3H3,(H,31,34). The van der Waals surface area contributed by atoms with Crippen molar-refractivity contribution < 1.29 is 31.1 Å². The number of anilines is 3. The van der Waals surface area contributed by atoms with Crippen molar-refractivity contribution in [3.63, 3.8) is 0 Å². The number of ether oxygens (including phenoxy) is 2. The Labute approximate surface area is 253 Å². The van der Waals surface area contributed by atoms with Crippen LogP contribution in [0.25, 0.3) is 0 Å². The lowest BCUT2D eigenvalue weighted by atomic mass is 10.2. The summed E-state index contributed by atoms with van der Waals surface area (Å²) >= 11 is 3.31. The molecule has 10 nitrogen and oxygen atoms in total. The molecule has 0 aliphatic heterocycles. The monoisotopic (exact) mass is 673 g/mol. The largest absolute Gasteiger partial charge is 0.497 e. The number of hydrogen-bond donors (Lipinski definition) is 2. The highest BCUT2D eigenvalue weighted by molar-refractivity contribution is 9.10. The fourth-order valence-corrected chi connectivity index (χ4v) is 7.08. The predicted molar refractivity (Wildman–Crippen MR) is 165 cm³/mol. The molecule has 0 bridgehead atoms. The van der Waals surface area contributed by atoms with Gasteiger partial charge < -0.3 is 14.8 Å².